The first-order chi connectivity index (χ1) is 28.0. The lowest BCUT2D eigenvalue weighted by Crippen LogP contribution is -2.27. The predicted octanol–water partition coefficient (Wildman–Crippen LogP) is 9.34. The highest BCUT2D eigenvalue weighted by molar-refractivity contribution is 5.94. The molecule has 0 aliphatic heterocycles. The average Bonchev–Trinajstić information content (AvgIpc) is 3.53. The molecular weight excluding hydrogens is 721 g/mol. The first kappa shape index (κ1) is 47.9. The summed E-state index contributed by atoms with van der Waals surface area (Å²) in [7, 11) is 1.57. The number of carbonyl (C=O) groups is 1. The Hall–Kier alpha value is -3.48. The maximum Gasteiger partial charge on any atom is 0.328 e. The van der Waals surface area contributed by atoms with Crippen molar-refractivity contribution in [2.45, 2.75) is 161 Å². The molecule has 0 saturated heterocycles. The van der Waals surface area contributed by atoms with Crippen LogP contribution in [0.5, 0.6) is 6.01 Å². The molecule has 2 aromatic heterocycles. The summed E-state index contributed by atoms with van der Waals surface area (Å²) in [6.07, 6.45) is 28.7. The van der Waals surface area contributed by atoms with Gasteiger partial charge in [-0.25, -0.2) is 4.79 Å². The van der Waals surface area contributed by atoms with Crippen LogP contribution in [0.3, 0.4) is 0 Å². The van der Waals surface area contributed by atoms with Gasteiger partial charge in [0.05, 0.1) is 25.9 Å². The highest BCUT2D eigenvalue weighted by atomic mass is 16.5. The molecule has 12 heteroatoms. The fraction of sp³-hybridized carbons (Fsp3) is 0.711. The summed E-state index contributed by atoms with van der Waals surface area (Å²) in [5.74, 6) is -0.0333. The van der Waals surface area contributed by atoms with Crippen LogP contribution in [0, 0.1) is 6.42 Å². The molecule has 4 N–H and O–H groups in total. The Bertz CT molecular complexity index is 1530. The number of amides is 1. The molecule has 0 bridgehead atoms. The average molecular weight is 796 g/mol. The fourth-order valence-corrected chi connectivity index (χ4v) is 6.86. The third kappa shape index (κ3) is 20.2. The van der Waals surface area contributed by atoms with Gasteiger partial charge in [-0.3, -0.25) is 9.36 Å². The highest BCUT2D eigenvalue weighted by Gasteiger charge is 2.16. The van der Waals surface area contributed by atoms with Crippen LogP contribution in [0.25, 0.3) is 11.2 Å². The van der Waals surface area contributed by atoms with E-state index in [1.54, 1.807) is 19.2 Å². The normalized spacial score (nSPS) is 12.1. The molecule has 1 atom stereocenters. The number of fused-ring (bicyclic) bond motifs is 1. The van der Waals surface area contributed by atoms with E-state index in [1.165, 1.54) is 120 Å². The Labute approximate surface area is 342 Å². The molecule has 3 rings (SSSR count). The number of rotatable bonds is 36. The Morgan fingerprint density at radius 2 is 1.37 bits per heavy atom. The van der Waals surface area contributed by atoms with Crippen LogP contribution < -0.4 is 21.5 Å². The van der Waals surface area contributed by atoms with Crippen molar-refractivity contribution < 1.29 is 23.7 Å². The summed E-state index contributed by atoms with van der Waals surface area (Å²) >= 11 is 0. The van der Waals surface area contributed by atoms with Gasteiger partial charge in [0.15, 0.2) is 11.5 Å². The Balaban J connectivity index is 1.40. The van der Waals surface area contributed by atoms with Crippen molar-refractivity contribution in [1.82, 2.24) is 24.8 Å². The van der Waals surface area contributed by atoms with E-state index in [9.17, 15) is 9.59 Å². The van der Waals surface area contributed by atoms with Crippen LogP contribution in [0.4, 0.5) is 5.82 Å². The van der Waals surface area contributed by atoms with Crippen molar-refractivity contribution in [3.05, 3.63) is 52.3 Å². The van der Waals surface area contributed by atoms with Gasteiger partial charge in [0.25, 0.3) is 5.91 Å². The predicted molar refractivity (Wildman–Crippen MR) is 231 cm³/mol. The van der Waals surface area contributed by atoms with Gasteiger partial charge >= 0.3 is 11.7 Å². The lowest BCUT2D eigenvalue weighted by Gasteiger charge is -2.18. The molecule has 0 saturated carbocycles. The maximum atomic E-state index is 13.0. The Kier molecular flexibility index (Phi) is 25.7. The van der Waals surface area contributed by atoms with Gasteiger partial charge in [-0.05, 0) is 43.4 Å². The van der Waals surface area contributed by atoms with E-state index in [0.29, 0.717) is 42.9 Å². The first-order valence-corrected chi connectivity index (χ1v) is 22.2. The third-order valence-electron chi connectivity index (χ3n) is 10.3. The number of methoxy groups -OCH3 is 1. The summed E-state index contributed by atoms with van der Waals surface area (Å²) in [4.78, 5) is 37.1. The second-order valence-corrected chi connectivity index (χ2v) is 15.3. The monoisotopic (exact) mass is 796 g/mol. The van der Waals surface area contributed by atoms with Gasteiger partial charge < -0.3 is 35.0 Å². The van der Waals surface area contributed by atoms with Gasteiger partial charge in [-0.2, -0.15) is 9.97 Å². The van der Waals surface area contributed by atoms with Gasteiger partial charge in [0.1, 0.15) is 12.1 Å². The van der Waals surface area contributed by atoms with Crippen LogP contribution in [0.1, 0.15) is 165 Å². The van der Waals surface area contributed by atoms with Crippen molar-refractivity contribution in [3.8, 4) is 6.01 Å². The van der Waals surface area contributed by atoms with E-state index in [1.807, 2.05) is 12.1 Å². The summed E-state index contributed by atoms with van der Waals surface area (Å²) in [5.41, 5.74) is 7.75. The summed E-state index contributed by atoms with van der Waals surface area (Å²) in [6.45, 7) is 7.91. The minimum Gasteiger partial charge on any atom is -0.461 e. The zero-order valence-electron chi connectivity index (χ0n) is 35.6. The number of benzene rings is 1. The number of aromatic amines is 1. The van der Waals surface area contributed by atoms with Crippen LogP contribution >= 0.6 is 0 Å². The van der Waals surface area contributed by atoms with E-state index in [2.05, 4.69) is 40.5 Å². The van der Waals surface area contributed by atoms with Crippen LogP contribution in [0.15, 0.2) is 29.1 Å². The molecule has 0 aliphatic carbocycles. The minimum absolute atomic E-state index is 0.0675. The molecule has 0 spiro atoms. The number of nitrogen functional groups attached to an aromatic ring is 1. The molecule has 57 heavy (non-hydrogen) atoms. The maximum absolute atomic E-state index is 13.0. The minimum atomic E-state index is -0.368. The smallest absolute Gasteiger partial charge is 0.328 e. The summed E-state index contributed by atoms with van der Waals surface area (Å²) in [6, 6.07) is 7.25. The molecule has 1 unspecified atom stereocenters. The van der Waals surface area contributed by atoms with Gasteiger partial charge in [-0.1, -0.05) is 142 Å². The first-order valence-electron chi connectivity index (χ1n) is 22.2. The van der Waals surface area contributed by atoms with Gasteiger partial charge in [-0.15, -0.1) is 0 Å². The van der Waals surface area contributed by atoms with Crippen LogP contribution in [0.2, 0.25) is 0 Å². The summed E-state index contributed by atoms with van der Waals surface area (Å²) in [5, 5.41) is 3.03. The van der Waals surface area contributed by atoms with E-state index < -0.39 is 0 Å². The standard InChI is InChI=1S/C45H75N6O6/c1-4-6-8-10-12-14-16-18-20-22-31-55-36-39(56-32-23-21-19-17-15-13-11-9-7-5-2)25-24-30-47-43(52)38-28-26-37(27-29-38)35-51-42-40(48-45(51)53)41(46)49-44(50-42)57-34-33-54-3/h25-29,39H,4-24,30-36H2,1-3H3,(H,47,52)(H,48,53)(H2,46,49,50). The second-order valence-electron chi connectivity index (χ2n) is 15.3. The number of anilines is 1. The number of ether oxygens (including phenoxy) is 4. The Morgan fingerprint density at radius 1 is 0.789 bits per heavy atom. The molecular formula is C45H75N6O6. The second kappa shape index (κ2) is 30.6. The number of nitrogens with zero attached hydrogens (tertiary/aromatic N) is 3. The molecule has 321 valence electrons. The molecule has 1 aromatic carbocycles. The van der Waals surface area contributed by atoms with E-state index in [-0.39, 0.29) is 42.7 Å². The largest absolute Gasteiger partial charge is 0.461 e. The molecule has 0 aliphatic rings. The zero-order valence-corrected chi connectivity index (χ0v) is 35.6. The quantitative estimate of drug-likeness (QED) is 0.0488. The lowest BCUT2D eigenvalue weighted by atomic mass is 10.1. The number of hydrogen-bond acceptors (Lipinski definition) is 9. The fourth-order valence-electron chi connectivity index (χ4n) is 6.86. The van der Waals surface area contributed by atoms with E-state index >= 15 is 0 Å². The highest BCUT2D eigenvalue weighted by Crippen LogP contribution is 2.19. The lowest BCUT2D eigenvalue weighted by molar-refractivity contribution is -0.00335. The molecule has 1 radical (unpaired) electrons. The third-order valence-corrected chi connectivity index (χ3v) is 10.3. The zero-order chi connectivity index (χ0) is 40.8. The summed E-state index contributed by atoms with van der Waals surface area (Å²) < 4.78 is 24.4. The van der Waals surface area contributed by atoms with Crippen molar-refractivity contribution in [2.24, 2.45) is 0 Å². The number of nitrogens with two attached hydrogens (primary N) is 1. The van der Waals surface area contributed by atoms with Crippen molar-refractivity contribution in [1.29, 1.82) is 0 Å². The molecule has 3 aromatic rings. The van der Waals surface area contributed by atoms with Crippen LogP contribution in [-0.4, -0.2) is 78.2 Å². The number of carbonyl (C=O) groups excluding carboxylic acids is 1. The molecule has 2 heterocycles. The number of nitrogens with one attached hydrogen (secondary N) is 2. The number of H-pyrrole nitrogens is 1. The van der Waals surface area contributed by atoms with Crippen molar-refractivity contribution in [2.75, 3.05) is 52.4 Å². The number of aromatic nitrogens is 4. The Morgan fingerprint density at radius 3 is 1.96 bits per heavy atom. The van der Waals surface area contributed by atoms with Gasteiger partial charge in [0.2, 0.25) is 0 Å². The number of unbranched alkanes of at least 4 members (excludes halogenated alkanes) is 18. The van der Waals surface area contributed by atoms with E-state index in [0.717, 1.165) is 31.6 Å². The van der Waals surface area contributed by atoms with Gasteiger partial charge in [0, 0.05) is 32.4 Å². The van der Waals surface area contributed by atoms with E-state index in [4.69, 9.17) is 24.7 Å². The van der Waals surface area contributed by atoms with Crippen molar-refractivity contribution >= 4 is 22.9 Å². The number of hydrogen-bond donors (Lipinski definition) is 3. The van der Waals surface area contributed by atoms with Crippen molar-refractivity contribution in [3.63, 3.8) is 0 Å². The molecule has 1 amide bonds. The SMILES string of the molecule is CCCCCCCCCCCCOCC([CH]CCNC(=O)c1ccc(Cn2c(=O)[nH]c3c(N)nc(OCCOC)nc32)cc1)OCCCCCCCCCCCC. The molecule has 12 nitrogen and oxygen atoms in total. The molecule has 0 fully saturated rings. The topological polar surface area (TPSA) is 156 Å². The van der Waals surface area contributed by atoms with Crippen LogP contribution in [-0.2, 0) is 20.8 Å². The number of imidazole rings is 1.